The number of benzene rings is 1. The SMILES string of the molecule is CCC1CCC(C2CCC(Cc3ccccc3)CC2)CC1. The topological polar surface area (TPSA) is 0 Å². The van der Waals surface area contributed by atoms with Crippen molar-refractivity contribution < 1.29 is 0 Å². The lowest BCUT2D eigenvalue weighted by atomic mass is 9.68. The van der Waals surface area contributed by atoms with Crippen molar-refractivity contribution >= 4 is 0 Å². The highest BCUT2D eigenvalue weighted by atomic mass is 14.4. The molecule has 0 radical (unpaired) electrons. The van der Waals surface area contributed by atoms with Gasteiger partial charge in [0, 0.05) is 0 Å². The van der Waals surface area contributed by atoms with Gasteiger partial charge in [0.2, 0.25) is 0 Å². The zero-order valence-electron chi connectivity index (χ0n) is 13.8. The van der Waals surface area contributed by atoms with Crippen molar-refractivity contribution in [2.75, 3.05) is 0 Å². The van der Waals surface area contributed by atoms with E-state index in [1.165, 1.54) is 64.2 Å². The van der Waals surface area contributed by atoms with Crippen molar-refractivity contribution in [3.8, 4) is 0 Å². The van der Waals surface area contributed by atoms with E-state index in [-0.39, 0.29) is 0 Å². The zero-order chi connectivity index (χ0) is 14.5. The van der Waals surface area contributed by atoms with Crippen LogP contribution in [0.2, 0.25) is 0 Å². The lowest BCUT2D eigenvalue weighted by Gasteiger charge is -2.37. The Balaban J connectivity index is 1.43. The second-order valence-corrected chi connectivity index (χ2v) is 7.66. The summed E-state index contributed by atoms with van der Waals surface area (Å²) in [6, 6.07) is 11.1. The summed E-state index contributed by atoms with van der Waals surface area (Å²) in [7, 11) is 0. The van der Waals surface area contributed by atoms with Gasteiger partial charge in [-0.15, -0.1) is 0 Å². The van der Waals surface area contributed by atoms with Gasteiger partial charge in [-0.2, -0.15) is 0 Å². The average molecular weight is 284 g/mol. The molecule has 3 rings (SSSR count). The van der Waals surface area contributed by atoms with Crippen LogP contribution >= 0.6 is 0 Å². The second kappa shape index (κ2) is 7.47. The molecule has 0 bridgehead atoms. The molecule has 0 heterocycles. The first kappa shape index (κ1) is 15.1. The summed E-state index contributed by atoms with van der Waals surface area (Å²) < 4.78 is 0. The minimum absolute atomic E-state index is 0.954. The van der Waals surface area contributed by atoms with Crippen molar-refractivity contribution in [2.24, 2.45) is 23.7 Å². The molecule has 0 nitrogen and oxygen atoms in total. The summed E-state index contributed by atoms with van der Waals surface area (Å²) in [5.41, 5.74) is 1.55. The van der Waals surface area contributed by atoms with Crippen molar-refractivity contribution in [1.29, 1.82) is 0 Å². The molecule has 1 aromatic carbocycles. The van der Waals surface area contributed by atoms with Gasteiger partial charge in [0.05, 0.1) is 0 Å². The van der Waals surface area contributed by atoms with E-state index in [1.54, 1.807) is 5.56 Å². The molecule has 0 spiro atoms. The largest absolute Gasteiger partial charge is 0.0651 e. The average Bonchev–Trinajstić information content (AvgIpc) is 2.57. The fraction of sp³-hybridized carbons (Fsp3) is 0.714. The van der Waals surface area contributed by atoms with Crippen LogP contribution in [-0.4, -0.2) is 0 Å². The fourth-order valence-electron chi connectivity index (χ4n) is 4.88. The third-order valence-electron chi connectivity index (χ3n) is 6.39. The Morgan fingerprint density at radius 2 is 1.24 bits per heavy atom. The van der Waals surface area contributed by atoms with E-state index >= 15 is 0 Å². The maximum Gasteiger partial charge on any atom is -0.0250 e. The van der Waals surface area contributed by atoms with Crippen LogP contribution in [0.15, 0.2) is 30.3 Å². The maximum absolute atomic E-state index is 2.37. The van der Waals surface area contributed by atoms with Crippen LogP contribution in [0.4, 0.5) is 0 Å². The van der Waals surface area contributed by atoms with Gasteiger partial charge in [-0.3, -0.25) is 0 Å². The Kier molecular flexibility index (Phi) is 5.38. The maximum atomic E-state index is 2.37. The monoisotopic (exact) mass is 284 g/mol. The molecule has 116 valence electrons. The van der Waals surface area contributed by atoms with Crippen LogP contribution in [0.5, 0.6) is 0 Å². The van der Waals surface area contributed by atoms with E-state index in [1.807, 2.05) is 0 Å². The van der Waals surface area contributed by atoms with Crippen LogP contribution < -0.4 is 0 Å². The summed E-state index contributed by atoms with van der Waals surface area (Å²) in [4.78, 5) is 0. The molecular formula is C21H32. The third kappa shape index (κ3) is 4.11. The lowest BCUT2D eigenvalue weighted by Crippen LogP contribution is -2.26. The summed E-state index contributed by atoms with van der Waals surface area (Å²) >= 11 is 0. The van der Waals surface area contributed by atoms with Crippen molar-refractivity contribution in [3.63, 3.8) is 0 Å². The van der Waals surface area contributed by atoms with Gasteiger partial charge in [-0.25, -0.2) is 0 Å². The smallest absolute Gasteiger partial charge is 0.0250 e. The fourth-order valence-corrected chi connectivity index (χ4v) is 4.88. The standard InChI is InChI=1S/C21H32/c1-2-17-8-12-20(13-9-17)21-14-10-19(11-15-21)16-18-6-4-3-5-7-18/h3-7,17,19-21H,2,8-16H2,1H3. The Bertz CT molecular complexity index is 391. The van der Waals surface area contributed by atoms with Crippen molar-refractivity contribution in [1.82, 2.24) is 0 Å². The molecule has 0 heteroatoms. The molecule has 0 atom stereocenters. The van der Waals surface area contributed by atoms with Crippen molar-refractivity contribution in [2.45, 2.75) is 71.1 Å². The summed E-state index contributed by atoms with van der Waals surface area (Å²) in [5.74, 6) is 4.15. The van der Waals surface area contributed by atoms with Gasteiger partial charge >= 0.3 is 0 Å². The molecule has 2 saturated carbocycles. The lowest BCUT2D eigenvalue weighted by molar-refractivity contribution is 0.145. The number of hydrogen-bond donors (Lipinski definition) is 0. The highest BCUT2D eigenvalue weighted by molar-refractivity contribution is 5.15. The molecule has 2 fully saturated rings. The minimum atomic E-state index is 0.954. The number of hydrogen-bond acceptors (Lipinski definition) is 0. The molecule has 2 aliphatic carbocycles. The minimum Gasteiger partial charge on any atom is -0.0651 e. The Labute approximate surface area is 131 Å². The van der Waals surface area contributed by atoms with E-state index in [4.69, 9.17) is 0 Å². The van der Waals surface area contributed by atoms with E-state index < -0.39 is 0 Å². The summed E-state index contributed by atoms with van der Waals surface area (Å²) in [5, 5.41) is 0. The van der Waals surface area contributed by atoms with Gasteiger partial charge in [0.15, 0.2) is 0 Å². The van der Waals surface area contributed by atoms with E-state index in [2.05, 4.69) is 37.3 Å². The second-order valence-electron chi connectivity index (χ2n) is 7.66. The molecule has 0 aliphatic heterocycles. The molecule has 0 unspecified atom stereocenters. The molecule has 0 N–H and O–H groups in total. The van der Waals surface area contributed by atoms with Crippen LogP contribution in [0, 0.1) is 23.7 Å². The van der Waals surface area contributed by atoms with Crippen LogP contribution in [0.3, 0.4) is 0 Å². The van der Waals surface area contributed by atoms with Crippen LogP contribution in [-0.2, 0) is 6.42 Å². The quantitative estimate of drug-likeness (QED) is 0.613. The van der Waals surface area contributed by atoms with Crippen LogP contribution in [0.25, 0.3) is 0 Å². The molecule has 0 saturated heterocycles. The highest BCUT2D eigenvalue weighted by Gasteiger charge is 2.30. The zero-order valence-corrected chi connectivity index (χ0v) is 13.8. The normalized spacial score (nSPS) is 33.8. The summed E-state index contributed by atoms with van der Waals surface area (Å²) in [6.07, 6.45) is 14.8. The first-order chi connectivity index (χ1) is 10.3. The van der Waals surface area contributed by atoms with Crippen molar-refractivity contribution in [3.05, 3.63) is 35.9 Å². The van der Waals surface area contributed by atoms with Gasteiger partial charge in [0.1, 0.15) is 0 Å². The molecular weight excluding hydrogens is 252 g/mol. The first-order valence-electron chi connectivity index (χ1n) is 9.39. The molecule has 2 aliphatic rings. The Hall–Kier alpha value is -0.780. The highest BCUT2D eigenvalue weighted by Crippen LogP contribution is 2.42. The number of rotatable bonds is 4. The van der Waals surface area contributed by atoms with Crippen LogP contribution in [0.1, 0.15) is 70.3 Å². The van der Waals surface area contributed by atoms with Gasteiger partial charge in [0.25, 0.3) is 0 Å². The Morgan fingerprint density at radius 1 is 0.714 bits per heavy atom. The van der Waals surface area contributed by atoms with E-state index in [0.29, 0.717) is 0 Å². The molecule has 21 heavy (non-hydrogen) atoms. The third-order valence-corrected chi connectivity index (χ3v) is 6.39. The van der Waals surface area contributed by atoms with Gasteiger partial charge < -0.3 is 0 Å². The predicted octanol–water partition coefficient (Wildman–Crippen LogP) is 6.25. The summed E-state index contributed by atoms with van der Waals surface area (Å²) in [6.45, 7) is 2.37. The van der Waals surface area contributed by atoms with E-state index in [0.717, 1.165) is 23.7 Å². The van der Waals surface area contributed by atoms with E-state index in [9.17, 15) is 0 Å². The molecule has 0 amide bonds. The molecule has 0 aromatic heterocycles. The molecule has 1 aromatic rings. The first-order valence-corrected chi connectivity index (χ1v) is 9.39. The predicted molar refractivity (Wildman–Crippen MR) is 91.3 cm³/mol. The Morgan fingerprint density at radius 3 is 1.76 bits per heavy atom. The van der Waals surface area contributed by atoms with Gasteiger partial charge in [-0.1, -0.05) is 56.5 Å². The van der Waals surface area contributed by atoms with Gasteiger partial charge in [-0.05, 0) is 74.2 Å².